The van der Waals surface area contributed by atoms with E-state index in [0.717, 1.165) is 17.4 Å². The molecule has 0 aliphatic heterocycles. The molecule has 0 aromatic carbocycles. The minimum Gasteiger partial charge on any atom is -0.383 e. The van der Waals surface area contributed by atoms with Crippen LogP contribution in [0.25, 0.3) is 0 Å². The van der Waals surface area contributed by atoms with Crippen LogP contribution in [0.5, 0.6) is 0 Å². The van der Waals surface area contributed by atoms with Crippen molar-refractivity contribution in [2.75, 3.05) is 39.2 Å². The molecule has 0 spiro atoms. The second-order valence-electron chi connectivity index (χ2n) is 4.20. The molecule has 0 atom stereocenters. The number of ether oxygens (including phenoxy) is 1. The fourth-order valence-electron chi connectivity index (χ4n) is 1.52. The van der Waals surface area contributed by atoms with Crippen LogP contribution in [0.2, 0.25) is 0 Å². The Bertz CT molecular complexity index is 426. The summed E-state index contributed by atoms with van der Waals surface area (Å²) in [6, 6.07) is 1.79. The number of carbonyl (C=O) groups is 1. The number of carbonyl (C=O) groups excluding carboxylic acids is 1. The maximum absolute atomic E-state index is 12.4. The van der Waals surface area contributed by atoms with Crippen molar-refractivity contribution in [2.24, 2.45) is 0 Å². The van der Waals surface area contributed by atoms with Crippen LogP contribution in [0.3, 0.4) is 0 Å². The monoisotopic (exact) mass is 329 g/mol. The molecular formula is C13H20BrN3O2. The number of pyridine rings is 1. The summed E-state index contributed by atoms with van der Waals surface area (Å²) in [7, 11) is 3.37. The summed E-state index contributed by atoms with van der Waals surface area (Å²) in [5.74, 6) is 0.559. The van der Waals surface area contributed by atoms with E-state index < -0.39 is 0 Å². The molecule has 1 amide bonds. The lowest BCUT2D eigenvalue weighted by Gasteiger charge is -2.18. The number of hydrogen-bond acceptors (Lipinski definition) is 4. The zero-order valence-corrected chi connectivity index (χ0v) is 13.2. The standard InChI is InChI=1S/C13H20BrN3O2/c1-4-5-15-12-11(8-10(14)9-16-12)13(18)17(2)6-7-19-3/h8-9H,4-7H2,1-3H3,(H,15,16). The van der Waals surface area contributed by atoms with Gasteiger partial charge in [0.2, 0.25) is 0 Å². The Morgan fingerprint density at radius 2 is 2.32 bits per heavy atom. The first-order chi connectivity index (χ1) is 9.10. The number of aromatic nitrogens is 1. The van der Waals surface area contributed by atoms with E-state index in [1.54, 1.807) is 31.3 Å². The summed E-state index contributed by atoms with van der Waals surface area (Å²) in [6.07, 6.45) is 2.66. The summed E-state index contributed by atoms with van der Waals surface area (Å²) in [5.41, 5.74) is 0.571. The van der Waals surface area contributed by atoms with Gasteiger partial charge in [-0.1, -0.05) is 6.92 Å². The third-order valence-electron chi connectivity index (χ3n) is 2.60. The molecule has 0 unspecified atom stereocenters. The first-order valence-corrected chi connectivity index (χ1v) is 7.03. The number of anilines is 1. The molecule has 1 rings (SSSR count). The normalized spacial score (nSPS) is 10.3. The number of likely N-dealkylation sites (N-methyl/N-ethyl adjacent to an activating group) is 1. The Hall–Kier alpha value is -1.14. The van der Waals surface area contributed by atoms with Crippen LogP contribution >= 0.6 is 15.9 Å². The number of nitrogens with zero attached hydrogens (tertiary/aromatic N) is 2. The zero-order valence-electron chi connectivity index (χ0n) is 11.6. The van der Waals surface area contributed by atoms with E-state index in [4.69, 9.17) is 4.74 Å². The first kappa shape index (κ1) is 15.9. The highest BCUT2D eigenvalue weighted by molar-refractivity contribution is 9.10. The van der Waals surface area contributed by atoms with E-state index in [0.29, 0.717) is 24.5 Å². The maximum atomic E-state index is 12.4. The molecular weight excluding hydrogens is 310 g/mol. The molecule has 1 aromatic rings. The Morgan fingerprint density at radius 1 is 1.58 bits per heavy atom. The molecule has 0 aliphatic carbocycles. The van der Waals surface area contributed by atoms with Crippen molar-refractivity contribution in [1.82, 2.24) is 9.88 Å². The number of rotatable bonds is 7. The molecule has 0 aliphatic rings. The Labute approximate surface area is 122 Å². The topological polar surface area (TPSA) is 54.5 Å². The molecule has 6 heteroatoms. The Morgan fingerprint density at radius 3 is 2.95 bits per heavy atom. The molecule has 1 N–H and O–H groups in total. The molecule has 1 heterocycles. The van der Waals surface area contributed by atoms with Crippen molar-refractivity contribution in [3.05, 3.63) is 22.3 Å². The van der Waals surface area contributed by atoms with Crippen molar-refractivity contribution >= 4 is 27.7 Å². The third kappa shape index (κ3) is 4.80. The van der Waals surface area contributed by atoms with Crippen LogP contribution in [0.1, 0.15) is 23.7 Å². The Kier molecular flexibility index (Phi) is 6.80. The van der Waals surface area contributed by atoms with Crippen molar-refractivity contribution in [2.45, 2.75) is 13.3 Å². The smallest absolute Gasteiger partial charge is 0.257 e. The molecule has 19 heavy (non-hydrogen) atoms. The van der Waals surface area contributed by atoms with E-state index in [9.17, 15) is 4.79 Å². The second-order valence-corrected chi connectivity index (χ2v) is 5.11. The van der Waals surface area contributed by atoms with Crippen LogP contribution in [0.4, 0.5) is 5.82 Å². The van der Waals surface area contributed by atoms with Gasteiger partial charge in [0.15, 0.2) is 0 Å². The predicted octanol–water partition coefficient (Wildman–Crippen LogP) is 2.38. The molecule has 5 nitrogen and oxygen atoms in total. The van der Waals surface area contributed by atoms with Crippen LogP contribution in [-0.4, -0.2) is 49.6 Å². The average molecular weight is 330 g/mol. The largest absolute Gasteiger partial charge is 0.383 e. The van der Waals surface area contributed by atoms with Gasteiger partial charge in [-0.15, -0.1) is 0 Å². The van der Waals surface area contributed by atoms with E-state index in [2.05, 4.69) is 33.2 Å². The quantitative estimate of drug-likeness (QED) is 0.834. The van der Waals surface area contributed by atoms with E-state index in [1.165, 1.54) is 0 Å². The number of nitrogens with one attached hydrogen (secondary N) is 1. The van der Waals surface area contributed by atoms with Crippen LogP contribution in [-0.2, 0) is 4.74 Å². The highest BCUT2D eigenvalue weighted by atomic mass is 79.9. The first-order valence-electron chi connectivity index (χ1n) is 6.24. The summed E-state index contributed by atoms with van der Waals surface area (Å²) < 4.78 is 5.77. The summed E-state index contributed by atoms with van der Waals surface area (Å²) >= 11 is 3.35. The van der Waals surface area contributed by atoms with Crippen molar-refractivity contribution in [3.8, 4) is 0 Å². The van der Waals surface area contributed by atoms with E-state index in [-0.39, 0.29) is 5.91 Å². The second kappa shape index (κ2) is 8.12. The summed E-state index contributed by atoms with van der Waals surface area (Å²) in [5, 5.41) is 3.17. The molecule has 0 fully saturated rings. The summed E-state index contributed by atoms with van der Waals surface area (Å²) in [4.78, 5) is 18.2. The van der Waals surface area contributed by atoms with Crippen molar-refractivity contribution in [1.29, 1.82) is 0 Å². The predicted molar refractivity (Wildman–Crippen MR) is 79.6 cm³/mol. The number of methoxy groups -OCH3 is 1. The van der Waals surface area contributed by atoms with Crippen LogP contribution in [0.15, 0.2) is 16.7 Å². The molecule has 0 radical (unpaired) electrons. The molecule has 1 aromatic heterocycles. The lowest BCUT2D eigenvalue weighted by atomic mass is 10.2. The van der Waals surface area contributed by atoms with Gasteiger partial charge in [-0.2, -0.15) is 0 Å². The average Bonchev–Trinajstić information content (AvgIpc) is 2.42. The van der Waals surface area contributed by atoms with Gasteiger partial charge in [0.1, 0.15) is 5.82 Å². The van der Waals surface area contributed by atoms with E-state index in [1.807, 2.05) is 0 Å². The van der Waals surface area contributed by atoms with Crippen molar-refractivity contribution in [3.63, 3.8) is 0 Å². The van der Waals surface area contributed by atoms with Gasteiger partial charge < -0.3 is 15.0 Å². The fourth-order valence-corrected chi connectivity index (χ4v) is 1.85. The fraction of sp³-hybridized carbons (Fsp3) is 0.538. The zero-order chi connectivity index (χ0) is 14.3. The van der Waals surface area contributed by atoms with E-state index >= 15 is 0 Å². The highest BCUT2D eigenvalue weighted by Gasteiger charge is 2.17. The van der Waals surface area contributed by atoms with Gasteiger partial charge in [0.25, 0.3) is 5.91 Å². The van der Waals surface area contributed by atoms with Crippen LogP contribution < -0.4 is 5.32 Å². The number of halogens is 1. The third-order valence-corrected chi connectivity index (χ3v) is 3.04. The number of hydrogen-bond donors (Lipinski definition) is 1. The maximum Gasteiger partial charge on any atom is 0.257 e. The van der Waals surface area contributed by atoms with Crippen molar-refractivity contribution < 1.29 is 9.53 Å². The van der Waals surface area contributed by atoms with Gasteiger partial charge in [-0.25, -0.2) is 4.98 Å². The SMILES string of the molecule is CCCNc1ncc(Br)cc1C(=O)N(C)CCOC. The van der Waals surface area contributed by atoms with Gasteiger partial charge >= 0.3 is 0 Å². The van der Waals surface area contributed by atoms with Gasteiger partial charge in [-0.05, 0) is 28.4 Å². The highest BCUT2D eigenvalue weighted by Crippen LogP contribution is 2.19. The number of amides is 1. The molecule has 106 valence electrons. The minimum atomic E-state index is -0.0653. The van der Waals surface area contributed by atoms with Crippen LogP contribution in [0, 0.1) is 0 Å². The lowest BCUT2D eigenvalue weighted by Crippen LogP contribution is -2.30. The summed E-state index contributed by atoms with van der Waals surface area (Å²) in [6.45, 7) is 3.92. The van der Waals surface area contributed by atoms with Gasteiger partial charge in [-0.3, -0.25) is 4.79 Å². The van der Waals surface area contributed by atoms with Gasteiger partial charge in [0, 0.05) is 37.9 Å². The lowest BCUT2D eigenvalue weighted by molar-refractivity contribution is 0.0744. The Balaban J connectivity index is 2.89. The molecule has 0 bridgehead atoms. The minimum absolute atomic E-state index is 0.0653. The molecule has 0 saturated heterocycles. The van der Waals surface area contributed by atoms with Gasteiger partial charge in [0.05, 0.1) is 12.2 Å². The molecule has 0 saturated carbocycles.